The number of nitrogens with zero attached hydrogens (tertiary/aromatic N) is 2. The second-order valence-electron chi connectivity index (χ2n) is 5.52. The minimum Gasteiger partial charge on any atom is -0.397 e. The zero-order valence-electron chi connectivity index (χ0n) is 12.9. The molecule has 1 amide bonds. The third kappa shape index (κ3) is 4.28. The first-order chi connectivity index (χ1) is 11.2. The van der Waals surface area contributed by atoms with Crippen molar-refractivity contribution in [3.63, 3.8) is 0 Å². The predicted octanol–water partition coefficient (Wildman–Crippen LogP) is 1.75. The van der Waals surface area contributed by atoms with Crippen LogP contribution in [0.5, 0.6) is 0 Å². The molecule has 2 heterocycles. The third-order valence-corrected chi connectivity index (χ3v) is 3.74. The maximum absolute atomic E-state index is 12.1. The summed E-state index contributed by atoms with van der Waals surface area (Å²) in [6.45, 7) is 4.41. The number of morpholine rings is 1. The van der Waals surface area contributed by atoms with Crippen LogP contribution in [0.25, 0.3) is 0 Å². The summed E-state index contributed by atoms with van der Waals surface area (Å²) in [5.41, 5.74) is 8.41. The van der Waals surface area contributed by atoms with Gasteiger partial charge in [-0.3, -0.25) is 9.69 Å². The highest BCUT2D eigenvalue weighted by atomic mass is 16.5. The number of nitrogens with two attached hydrogens (primary N) is 1. The second kappa shape index (κ2) is 7.21. The van der Waals surface area contributed by atoms with Crippen molar-refractivity contribution >= 4 is 17.3 Å². The topological polar surface area (TPSA) is 80.5 Å². The van der Waals surface area contributed by atoms with Crippen molar-refractivity contribution in [1.82, 2.24) is 9.88 Å². The molecule has 2 aromatic rings. The van der Waals surface area contributed by atoms with Gasteiger partial charge in [0.05, 0.1) is 25.1 Å². The Bertz CT molecular complexity index is 649. The van der Waals surface area contributed by atoms with Gasteiger partial charge in [0, 0.05) is 25.3 Å². The molecule has 1 fully saturated rings. The van der Waals surface area contributed by atoms with E-state index in [1.165, 1.54) is 11.8 Å². The fraction of sp³-hybridized carbons (Fsp3) is 0.294. The molecule has 1 aromatic carbocycles. The van der Waals surface area contributed by atoms with Crippen LogP contribution in [0, 0.1) is 0 Å². The van der Waals surface area contributed by atoms with E-state index in [1.807, 2.05) is 24.3 Å². The summed E-state index contributed by atoms with van der Waals surface area (Å²) in [5, 5.41) is 2.83. The summed E-state index contributed by atoms with van der Waals surface area (Å²) in [7, 11) is 0. The number of ether oxygens (including phenoxy) is 1. The number of carbonyl (C=O) groups excluding carboxylic acids is 1. The lowest BCUT2D eigenvalue weighted by molar-refractivity contribution is 0.0342. The molecule has 0 unspecified atom stereocenters. The highest BCUT2D eigenvalue weighted by Crippen LogP contribution is 2.13. The van der Waals surface area contributed by atoms with Gasteiger partial charge < -0.3 is 15.8 Å². The molecule has 23 heavy (non-hydrogen) atoms. The Balaban J connectivity index is 1.58. The van der Waals surface area contributed by atoms with Gasteiger partial charge in [-0.15, -0.1) is 0 Å². The number of pyridine rings is 1. The molecule has 1 saturated heterocycles. The highest BCUT2D eigenvalue weighted by Gasteiger charge is 2.11. The normalized spacial score (nSPS) is 15.3. The molecule has 3 rings (SSSR count). The number of rotatable bonds is 4. The van der Waals surface area contributed by atoms with Gasteiger partial charge in [-0.05, 0) is 29.8 Å². The van der Waals surface area contributed by atoms with Gasteiger partial charge in [0.15, 0.2) is 0 Å². The van der Waals surface area contributed by atoms with E-state index in [-0.39, 0.29) is 5.91 Å². The minimum atomic E-state index is -0.245. The molecule has 6 heteroatoms. The van der Waals surface area contributed by atoms with Gasteiger partial charge in [0.25, 0.3) is 5.91 Å². The van der Waals surface area contributed by atoms with E-state index in [0.29, 0.717) is 11.4 Å². The Morgan fingerprint density at radius 1 is 1.17 bits per heavy atom. The smallest absolute Gasteiger partial charge is 0.274 e. The summed E-state index contributed by atoms with van der Waals surface area (Å²) in [6, 6.07) is 11.1. The molecule has 3 N–H and O–H groups in total. The van der Waals surface area contributed by atoms with Crippen molar-refractivity contribution in [3.05, 3.63) is 53.9 Å². The Hall–Kier alpha value is -2.44. The van der Waals surface area contributed by atoms with Crippen molar-refractivity contribution in [2.75, 3.05) is 37.4 Å². The van der Waals surface area contributed by atoms with E-state index in [2.05, 4.69) is 15.2 Å². The van der Waals surface area contributed by atoms with Crippen molar-refractivity contribution in [2.24, 2.45) is 0 Å². The summed E-state index contributed by atoms with van der Waals surface area (Å²) in [5.74, 6) is -0.245. The van der Waals surface area contributed by atoms with Crippen LogP contribution in [0.4, 0.5) is 11.4 Å². The van der Waals surface area contributed by atoms with Gasteiger partial charge in [0.1, 0.15) is 5.69 Å². The van der Waals surface area contributed by atoms with Gasteiger partial charge >= 0.3 is 0 Å². The average molecular weight is 312 g/mol. The first kappa shape index (κ1) is 15.5. The predicted molar refractivity (Wildman–Crippen MR) is 89.1 cm³/mol. The Morgan fingerprint density at radius 2 is 1.91 bits per heavy atom. The number of hydrogen-bond acceptors (Lipinski definition) is 5. The van der Waals surface area contributed by atoms with Crippen molar-refractivity contribution in [1.29, 1.82) is 0 Å². The number of anilines is 2. The Morgan fingerprint density at radius 3 is 2.57 bits per heavy atom. The van der Waals surface area contributed by atoms with E-state index in [1.54, 1.807) is 12.1 Å². The molecule has 0 atom stereocenters. The molecule has 0 radical (unpaired) electrons. The first-order valence-corrected chi connectivity index (χ1v) is 7.62. The minimum absolute atomic E-state index is 0.245. The van der Waals surface area contributed by atoms with Crippen LogP contribution in [-0.4, -0.2) is 42.1 Å². The number of nitrogens with one attached hydrogen (secondary N) is 1. The molecule has 6 nitrogen and oxygen atoms in total. The molecule has 1 aromatic heterocycles. The molecule has 1 aliphatic heterocycles. The maximum Gasteiger partial charge on any atom is 0.274 e. The lowest BCUT2D eigenvalue weighted by Crippen LogP contribution is -2.35. The van der Waals surface area contributed by atoms with Crippen molar-refractivity contribution in [2.45, 2.75) is 6.54 Å². The number of hydrogen-bond donors (Lipinski definition) is 2. The Labute approximate surface area is 135 Å². The maximum atomic E-state index is 12.1. The lowest BCUT2D eigenvalue weighted by Gasteiger charge is -2.26. The zero-order valence-corrected chi connectivity index (χ0v) is 12.9. The summed E-state index contributed by atoms with van der Waals surface area (Å²) >= 11 is 0. The molecule has 120 valence electrons. The third-order valence-electron chi connectivity index (χ3n) is 3.74. The van der Waals surface area contributed by atoms with Gasteiger partial charge in [-0.25, -0.2) is 4.98 Å². The largest absolute Gasteiger partial charge is 0.397 e. The fourth-order valence-electron chi connectivity index (χ4n) is 2.45. The fourth-order valence-corrected chi connectivity index (χ4v) is 2.45. The van der Waals surface area contributed by atoms with E-state index in [9.17, 15) is 4.79 Å². The SMILES string of the molecule is Nc1ccc(C(=O)Nc2ccc(CN3CCOCC3)cc2)nc1. The van der Waals surface area contributed by atoms with Crippen molar-refractivity contribution < 1.29 is 9.53 Å². The number of carbonyl (C=O) groups is 1. The van der Waals surface area contributed by atoms with Crippen LogP contribution in [0.2, 0.25) is 0 Å². The molecule has 0 aliphatic carbocycles. The average Bonchev–Trinajstić information content (AvgIpc) is 2.58. The number of nitrogen functional groups attached to an aromatic ring is 1. The van der Waals surface area contributed by atoms with Crippen LogP contribution in [0.1, 0.15) is 16.1 Å². The van der Waals surface area contributed by atoms with Crippen LogP contribution in [-0.2, 0) is 11.3 Å². The monoisotopic (exact) mass is 312 g/mol. The highest BCUT2D eigenvalue weighted by molar-refractivity contribution is 6.02. The van der Waals surface area contributed by atoms with E-state index in [0.717, 1.165) is 38.5 Å². The van der Waals surface area contributed by atoms with Gasteiger partial charge in [-0.2, -0.15) is 0 Å². The second-order valence-corrected chi connectivity index (χ2v) is 5.52. The van der Waals surface area contributed by atoms with E-state index < -0.39 is 0 Å². The van der Waals surface area contributed by atoms with Crippen LogP contribution in [0.3, 0.4) is 0 Å². The Kier molecular flexibility index (Phi) is 4.85. The van der Waals surface area contributed by atoms with Gasteiger partial charge in [0.2, 0.25) is 0 Å². The van der Waals surface area contributed by atoms with E-state index >= 15 is 0 Å². The summed E-state index contributed by atoms with van der Waals surface area (Å²) < 4.78 is 5.35. The lowest BCUT2D eigenvalue weighted by atomic mass is 10.2. The molecule has 0 spiro atoms. The zero-order chi connectivity index (χ0) is 16.1. The number of amides is 1. The molecule has 0 bridgehead atoms. The van der Waals surface area contributed by atoms with Crippen LogP contribution >= 0.6 is 0 Å². The molecule has 1 aliphatic rings. The molecule has 0 saturated carbocycles. The number of aromatic nitrogens is 1. The van der Waals surface area contributed by atoms with Gasteiger partial charge in [-0.1, -0.05) is 12.1 Å². The summed E-state index contributed by atoms with van der Waals surface area (Å²) in [4.78, 5) is 18.5. The standard InChI is InChI=1S/C17H20N4O2/c18-14-3-6-16(19-11-14)17(22)20-15-4-1-13(2-5-15)12-21-7-9-23-10-8-21/h1-6,11H,7-10,12,18H2,(H,20,22). The van der Waals surface area contributed by atoms with Crippen LogP contribution < -0.4 is 11.1 Å². The number of benzene rings is 1. The quantitative estimate of drug-likeness (QED) is 0.899. The molecular formula is C17H20N4O2. The van der Waals surface area contributed by atoms with Crippen molar-refractivity contribution in [3.8, 4) is 0 Å². The van der Waals surface area contributed by atoms with E-state index in [4.69, 9.17) is 10.5 Å². The van der Waals surface area contributed by atoms with Crippen LogP contribution in [0.15, 0.2) is 42.6 Å². The summed E-state index contributed by atoms with van der Waals surface area (Å²) in [6.07, 6.45) is 1.47. The molecular weight excluding hydrogens is 292 g/mol. The first-order valence-electron chi connectivity index (χ1n) is 7.62.